The van der Waals surface area contributed by atoms with E-state index in [1.807, 2.05) is 6.07 Å². The van der Waals surface area contributed by atoms with E-state index in [0.29, 0.717) is 23.4 Å². The van der Waals surface area contributed by atoms with Crippen LogP contribution in [0.25, 0.3) is 0 Å². The van der Waals surface area contributed by atoms with Gasteiger partial charge in [0, 0.05) is 12.6 Å². The fourth-order valence-corrected chi connectivity index (χ4v) is 1.96. The van der Waals surface area contributed by atoms with Gasteiger partial charge in [-0.3, -0.25) is 9.59 Å². The van der Waals surface area contributed by atoms with Crippen molar-refractivity contribution in [3.05, 3.63) is 23.8 Å². The molecule has 5 nitrogen and oxygen atoms in total. The molecule has 0 aliphatic carbocycles. The third-order valence-electron chi connectivity index (χ3n) is 3.21. The summed E-state index contributed by atoms with van der Waals surface area (Å²) in [5.74, 6) is -0.462. The predicted molar refractivity (Wildman–Crippen MR) is 69.1 cm³/mol. The standard InChI is InChI=1S/C14H14N2O3/c1-3-9(7-15)14(18)10-4-5-12-11(6-10)16(2)13(17)8-19-12/h4-6,9H,3,8H2,1-2H3. The Labute approximate surface area is 111 Å². The Balaban J connectivity index is 2.38. The van der Waals surface area contributed by atoms with Crippen LogP contribution in [0.3, 0.4) is 0 Å². The van der Waals surface area contributed by atoms with Gasteiger partial charge in [-0.2, -0.15) is 5.26 Å². The number of hydrogen-bond acceptors (Lipinski definition) is 4. The molecule has 1 amide bonds. The molecule has 1 aliphatic rings. The number of carbonyl (C=O) groups is 2. The van der Waals surface area contributed by atoms with Crippen molar-refractivity contribution in [3.63, 3.8) is 0 Å². The maximum atomic E-state index is 12.1. The molecule has 0 N–H and O–H groups in total. The molecule has 98 valence electrons. The molecule has 1 atom stereocenters. The number of benzene rings is 1. The Bertz CT molecular complexity index is 575. The third kappa shape index (κ3) is 2.29. The molecule has 2 rings (SSSR count). The molecule has 0 aromatic heterocycles. The molecule has 1 unspecified atom stereocenters. The first-order valence-corrected chi connectivity index (χ1v) is 6.05. The number of nitrogens with zero attached hydrogens (tertiary/aromatic N) is 2. The average molecular weight is 258 g/mol. The number of hydrogen-bond donors (Lipinski definition) is 0. The van der Waals surface area contributed by atoms with Crippen LogP contribution >= 0.6 is 0 Å². The molecule has 5 heteroatoms. The summed E-state index contributed by atoms with van der Waals surface area (Å²) in [5.41, 5.74) is 0.993. The highest BCUT2D eigenvalue weighted by Crippen LogP contribution is 2.32. The zero-order valence-corrected chi connectivity index (χ0v) is 10.8. The van der Waals surface area contributed by atoms with Crippen LogP contribution in [0, 0.1) is 17.2 Å². The van der Waals surface area contributed by atoms with Gasteiger partial charge in [-0.1, -0.05) is 6.92 Å². The van der Waals surface area contributed by atoms with Crippen molar-refractivity contribution in [2.24, 2.45) is 5.92 Å². The first-order chi connectivity index (χ1) is 9.08. The molecule has 0 saturated carbocycles. The summed E-state index contributed by atoms with van der Waals surface area (Å²) in [4.78, 5) is 25.1. The second-order valence-corrected chi connectivity index (χ2v) is 4.38. The average Bonchev–Trinajstić information content (AvgIpc) is 2.44. The molecular weight excluding hydrogens is 244 g/mol. The van der Waals surface area contributed by atoms with Gasteiger partial charge in [0.2, 0.25) is 0 Å². The van der Waals surface area contributed by atoms with E-state index in [2.05, 4.69) is 0 Å². The van der Waals surface area contributed by atoms with E-state index in [1.54, 1.807) is 32.2 Å². The Hall–Kier alpha value is -2.35. The molecule has 1 aromatic rings. The summed E-state index contributed by atoms with van der Waals surface area (Å²) in [6.45, 7) is 1.80. The van der Waals surface area contributed by atoms with Gasteiger partial charge < -0.3 is 9.64 Å². The zero-order chi connectivity index (χ0) is 14.0. The number of ketones is 1. The maximum absolute atomic E-state index is 12.1. The molecule has 1 aliphatic heterocycles. The number of ether oxygens (including phenoxy) is 1. The summed E-state index contributed by atoms with van der Waals surface area (Å²) >= 11 is 0. The minimum Gasteiger partial charge on any atom is -0.482 e. The number of rotatable bonds is 3. The van der Waals surface area contributed by atoms with E-state index in [-0.39, 0.29) is 18.3 Å². The predicted octanol–water partition coefficient (Wildman–Crippen LogP) is 1.77. The normalized spacial score (nSPS) is 15.2. The largest absolute Gasteiger partial charge is 0.482 e. The first-order valence-electron chi connectivity index (χ1n) is 6.05. The number of nitriles is 1. The minimum atomic E-state index is -0.649. The van der Waals surface area contributed by atoms with Crippen LogP contribution in [0.5, 0.6) is 5.75 Å². The second-order valence-electron chi connectivity index (χ2n) is 4.38. The van der Waals surface area contributed by atoms with Gasteiger partial charge in [-0.25, -0.2) is 0 Å². The molecule has 0 bridgehead atoms. The fourth-order valence-electron chi connectivity index (χ4n) is 1.96. The van der Waals surface area contributed by atoms with E-state index >= 15 is 0 Å². The quantitative estimate of drug-likeness (QED) is 0.775. The molecule has 0 fully saturated rings. The number of anilines is 1. The Morgan fingerprint density at radius 1 is 1.58 bits per heavy atom. The number of Topliss-reactive ketones (excluding diaryl/α,β-unsaturated/α-hetero) is 1. The summed E-state index contributed by atoms with van der Waals surface area (Å²) in [5, 5.41) is 8.93. The van der Waals surface area contributed by atoms with Gasteiger partial charge in [0.25, 0.3) is 5.91 Å². The van der Waals surface area contributed by atoms with E-state index in [4.69, 9.17) is 10.00 Å². The number of fused-ring (bicyclic) bond motifs is 1. The highest BCUT2D eigenvalue weighted by Gasteiger charge is 2.25. The summed E-state index contributed by atoms with van der Waals surface area (Å²) in [6.07, 6.45) is 0.470. The van der Waals surface area contributed by atoms with E-state index in [0.717, 1.165) is 0 Å². The monoisotopic (exact) mass is 258 g/mol. The molecule has 0 radical (unpaired) electrons. The Morgan fingerprint density at radius 3 is 2.95 bits per heavy atom. The maximum Gasteiger partial charge on any atom is 0.264 e. The van der Waals surface area contributed by atoms with Gasteiger partial charge in [-0.15, -0.1) is 0 Å². The molecule has 0 saturated heterocycles. The molecule has 1 heterocycles. The SMILES string of the molecule is CCC(C#N)C(=O)c1ccc2c(c1)N(C)C(=O)CO2. The Morgan fingerprint density at radius 2 is 2.32 bits per heavy atom. The number of amides is 1. The van der Waals surface area contributed by atoms with Gasteiger partial charge in [0.1, 0.15) is 11.7 Å². The van der Waals surface area contributed by atoms with Gasteiger partial charge in [0.05, 0.1) is 11.8 Å². The van der Waals surface area contributed by atoms with Gasteiger partial charge >= 0.3 is 0 Å². The van der Waals surface area contributed by atoms with Crippen molar-refractivity contribution in [1.29, 1.82) is 5.26 Å². The van der Waals surface area contributed by atoms with Gasteiger partial charge in [-0.05, 0) is 24.6 Å². The van der Waals surface area contributed by atoms with E-state index < -0.39 is 5.92 Å². The van der Waals surface area contributed by atoms with Crippen LogP contribution in [0.15, 0.2) is 18.2 Å². The van der Waals surface area contributed by atoms with Crippen LogP contribution in [0.1, 0.15) is 23.7 Å². The van der Waals surface area contributed by atoms with Crippen molar-refractivity contribution in [1.82, 2.24) is 0 Å². The van der Waals surface area contributed by atoms with Crippen molar-refractivity contribution < 1.29 is 14.3 Å². The van der Waals surface area contributed by atoms with Crippen LogP contribution in [-0.2, 0) is 4.79 Å². The van der Waals surface area contributed by atoms with Crippen molar-refractivity contribution in [3.8, 4) is 11.8 Å². The summed E-state index contributed by atoms with van der Waals surface area (Å²) in [7, 11) is 1.64. The van der Waals surface area contributed by atoms with Crippen molar-refractivity contribution in [2.45, 2.75) is 13.3 Å². The third-order valence-corrected chi connectivity index (χ3v) is 3.21. The van der Waals surface area contributed by atoms with Crippen LogP contribution in [0.4, 0.5) is 5.69 Å². The fraction of sp³-hybridized carbons (Fsp3) is 0.357. The lowest BCUT2D eigenvalue weighted by molar-refractivity contribution is -0.120. The van der Waals surface area contributed by atoms with Gasteiger partial charge in [0.15, 0.2) is 12.4 Å². The Kier molecular flexibility index (Phi) is 3.52. The molecule has 19 heavy (non-hydrogen) atoms. The van der Waals surface area contributed by atoms with Crippen molar-refractivity contribution in [2.75, 3.05) is 18.6 Å². The highest BCUT2D eigenvalue weighted by molar-refractivity contribution is 6.03. The summed E-state index contributed by atoms with van der Waals surface area (Å²) in [6, 6.07) is 6.89. The molecule has 1 aromatic carbocycles. The van der Waals surface area contributed by atoms with Crippen molar-refractivity contribution >= 4 is 17.4 Å². The number of carbonyl (C=O) groups excluding carboxylic acids is 2. The smallest absolute Gasteiger partial charge is 0.264 e. The van der Waals surface area contributed by atoms with Crippen LogP contribution in [0.2, 0.25) is 0 Å². The first kappa shape index (κ1) is 13.1. The lowest BCUT2D eigenvalue weighted by Gasteiger charge is -2.26. The molecule has 0 spiro atoms. The van der Waals surface area contributed by atoms with Crippen LogP contribution in [-0.4, -0.2) is 25.3 Å². The number of likely N-dealkylation sites (N-methyl/N-ethyl adjacent to an activating group) is 1. The van der Waals surface area contributed by atoms with E-state index in [9.17, 15) is 9.59 Å². The van der Waals surface area contributed by atoms with Crippen LogP contribution < -0.4 is 9.64 Å². The topological polar surface area (TPSA) is 70.4 Å². The second kappa shape index (κ2) is 5.11. The lowest BCUT2D eigenvalue weighted by atomic mass is 9.96. The minimum absolute atomic E-state index is 0.00652. The van der Waals surface area contributed by atoms with E-state index in [1.165, 1.54) is 4.90 Å². The highest BCUT2D eigenvalue weighted by atomic mass is 16.5. The lowest BCUT2D eigenvalue weighted by Crippen LogP contribution is -2.35. The summed E-state index contributed by atoms with van der Waals surface area (Å²) < 4.78 is 5.29. The molecular formula is C14H14N2O3. The zero-order valence-electron chi connectivity index (χ0n) is 10.8.